The van der Waals surface area contributed by atoms with E-state index < -0.39 is 41.5 Å². The first-order chi connectivity index (χ1) is 20.3. The largest absolute Gasteiger partial charge is 1.00 e. The smallest absolute Gasteiger partial charge is 0.744 e. The molecule has 0 saturated heterocycles. The molecule has 220 valence electrons. The second-order valence-corrected chi connectivity index (χ2v) is 12.1. The summed E-state index contributed by atoms with van der Waals surface area (Å²) in [6.45, 7) is 0. The van der Waals surface area contributed by atoms with E-state index in [2.05, 4.69) is 20.5 Å². The van der Waals surface area contributed by atoms with E-state index in [4.69, 9.17) is 22.1 Å². The number of nitrogens with zero attached hydrogens (tertiary/aromatic N) is 4. The van der Waals surface area contributed by atoms with E-state index in [1.165, 1.54) is 49.6 Å². The predicted molar refractivity (Wildman–Crippen MR) is 156 cm³/mol. The molecule has 0 radical (unpaired) electrons. The Hall–Kier alpha value is -2.67. The molecule has 0 unspecified atom stereocenters. The summed E-state index contributed by atoms with van der Waals surface area (Å²) in [5.41, 5.74) is 5.85. The number of methoxy groups -OCH3 is 1. The Labute approximate surface area is 306 Å². The van der Waals surface area contributed by atoms with Crippen LogP contribution in [0.3, 0.4) is 0 Å². The fraction of sp³-hybridized carbons (Fsp3) is 0.0370. The third-order valence-corrected chi connectivity index (χ3v) is 8.27. The van der Waals surface area contributed by atoms with E-state index in [1.54, 1.807) is 12.1 Å². The van der Waals surface area contributed by atoms with Gasteiger partial charge in [0.2, 0.25) is 0 Å². The number of phenolic OH excluding ortho intramolecular Hbond substituents is 1. The Kier molecular flexibility index (Phi) is 11.8. The molecule has 45 heavy (non-hydrogen) atoms. The number of azo groups is 2. The normalized spacial score (nSPS) is 12.0. The molecule has 5 aromatic carbocycles. The molecule has 5 rings (SSSR count). The van der Waals surface area contributed by atoms with Crippen LogP contribution in [-0.2, 0) is 20.2 Å². The van der Waals surface area contributed by atoms with Gasteiger partial charge in [0.1, 0.15) is 37.4 Å². The first kappa shape index (κ1) is 36.8. The van der Waals surface area contributed by atoms with Crippen LogP contribution in [0.15, 0.2) is 103 Å². The third-order valence-electron chi connectivity index (χ3n) is 6.28. The van der Waals surface area contributed by atoms with Gasteiger partial charge in [0.15, 0.2) is 5.75 Å². The number of nitrogens with two attached hydrogens (primary N) is 1. The number of aromatic hydroxyl groups is 1. The van der Waals surface area contributed by atoms with Crippen molar-refractivity contribution in [3.8, 4) is 11.5 Å². The summed E-state index contributed by atoms with van der Waals surface area (Å²) in [5.74, 6) is -0.295. The van der Waals surface area contributed by atoms with Gasteiger partial charge in [0.05, 0.1) is 39.0 Å². The van der Waals surface area contributed by atoms with Gasteiger partial charge < -0.3 is 24.7 Å². The number of hydrogen-bond donors (Lipinski definition) is 2. The van der Waals surface area contributed by atoms with Crippen molar-refractivity contribution in [2.45, 2.75) is 9.79 Å². The summed E-state index contributed by atoms with van der Waals surface area (Å²) in [6.07, 6.45) is 0. The molecule has 0 aliphatic rings. The number of anilines is 1. The second-order valence-electron chi connectivity index (χ2n) is 8.96. The standard InChI is InChI=1S/C27H20ClN5O8S2.2Na/c1-41-24-13-23(19(28)12-20(24)29)32-30-22-9-8-21(17-7-6-15(11-18(17)22)42(35,36)37)31-33-26-25(43(38,39)40)10-14-4-2-3-5-16(14)27(26)34;;/h2-13,34H,29H2,1H3,(H,35,36,37)(H,38,39,40);;/q;2*+1/p-2. The van der Waals surface area contributed by atoms with E-state index in [0.29, 0.717) is 5.39 Å². The van der Waals surface area contributed by atoms with Crippen molar-refractivity contribution in [1.29, 1.82) is 0 Å². The average Bonchev–Trinajstić information content (AvgIpc) is 2.95. The molecule has 0 aliphatic heterocycles. The molecular weight excluding hydrogens is 668 g/mol. The maximum Gasteiger partial charge on any atom is 1.00 e. The van der Waals surface area contributed by atoms with Crippen LogP contribution in [0.4, 0.5) is 28.4 Å². The minimum Gasteiger partial charge on any atom is -0.744 e. The zero-order valence-electron chi connectivity index (χ0n) is 23.8. The monoisotopic (exact) mass is 685 g/mol. The number of benzene rings is 5. The van der Waals surface area contributed by atoms with Crippen molar-refractivity contribution >= 4 is 81.8 Å². The summed E-state index contributed by atoms with van der Waals surface area (Å²) in [4.78, 5) is -1.36. The predicted octanol–water partition coefficient (Wildman–Crippen LogP) is 0.590. The molecule has 0 bridgehead atoms. The van der Waals surface area contributed by atoms with Gasteiger partial charge in [-0.15, -0.1) is 20.5 Å². The molecule has 0 fully saturated rings. The first-order valence-corrected chi connectivity index (χ1v) is 15.2. The number of fused-ring (bicyclic) bond motifs is 2. The van der Waals surface area contributed by atoms with Crippen molar-refractivity contribution in [2.75, 3.05) is 12.8 Å². The van der Waals surface area contributed by atoms with Crippen molar-refractivity contribution in [3.05, 3.63) is 77.8 Å². The summed E-state index contributed by atoms with van der Waals surface area (Å²) in [5, 5.41) is 28.0. The average molecular weight is 686 g/mol. The van der Waals surface area contributed by atoms with Crippen molar-refractivity contribution in [3.63, 3.8) is 0 Å². The Morgan fingerprint density at radius 2 is 1.38 bits per heavy atom. The SMILES string of the molecule is COc1cc(N=Nc2ccc(N=Nc3c(S(=O)(=O)[O-])cc4ccccc4c3O)c3ccc(S(=O)(=O)[O-])cc23)c(Cl)cc1N.[Na+].[Na+]. The van der Waals surface area contributed by atoms with Crippen LogP contribution in [0.1, 0.15) is 0 Å². The Morgan fingerprint density at radius 3 is 2.02 bits per heavy atom. The molecule has 18 heteroatoms. The zero-order chi connectivity index (χ0) is 31.1. The molecule has 0 spiro atoms. The number of phenols is 1. The quantitative estimate of drug-likeness (QED) is 0.106. The second kappa shape index (κ2) is 14.4. The molecule has 0 amide bonds. The van der Waals surface area contributed by atoms with Gasteiger partial charge in [-0.2, -0.15) is 0 Å². The number of ether oxygens (including phenoxy) is 1. The molecule has 0 aliphatic carbocycles. The van der Waals surface area contributed by atoms with Gasteiger partial charge in [-0.1, -0.05) is 41.9 Å². The van der Waals surface area contributed by atoms with Gasteiger partial charge in [-0.25, -0.2) is 16.8 Å². The molecule has 5 aromatic rings. The first-order valence-electron chi connectivity index (χ1n) is 12.0. The van der Waals surface area contributed by atoms with E-state index in [1.807, 2.05) is 0 Å². The Balaban J connectivity index is 0.00000276. The summed E-state index contributed by atoms with van der Waals surface area (Å²) in [7, 11) is -8.56. The fourth-order valence-electron chi connectivity index (χ4n) is 4.23. The third kappa shape index (κ3) is 7.84. The van der Waals surface area contributed by atoms with Gasteiger partial charge in [0.25, 0.3) is 0 Å². The molecule has 3 N–H and O–H groups in total. The van der Waals surface area contributed by atoms with Crippen molar-refractivity contribution in [1.82, 2.24) is 0 Å². The van der Waals surface area contributed by atoms with Crippen LogP contribution < -0.4 is 69.6 Å². The number of hydrogen-bond acceptors (Lipinski definition) is 13. The van der Waals surface area contributed by atoms with Crippen LogP contribution in [0, 0.1) is 0 Å². The molecule has 0 atom stereocenters. The molecule has 0 aromatic heterocycles. The van der Waals surface area contributed by atoms with Gasteiger partial charge >= 0.3 is 59.1 Å². The van der Waals surface area contributed by atoms with E-state index in [0.717, 1.165) is 18.2 Å². The van der Waals surface area contributed by atoms with Crippen LogP contribution in [0.2, 0.25) is 5.02 Å². The van der Waals surface area contributed by atoms with Gasteiger partial charge in [-0.3, -0.25) is 0 Å². The topological polar surface area (TPSA) is 219 Å². The van der Waals surface area contributed by atoms with E-state index >= 15 is 0 Å². The number of rotatable bonds is 7. The van der Waals surface area contributed by atoms with Crippen molar-refractivity contribution < 1.29 is 94.9 Å². The van der Waals surface area contributed by atoms with Crippen molar-refractivity contribution in [2.24, 2.45) is 20.5 Å². The summed E-state index contributed by atoms with van der Waals surface area (Å²) < 4.78 is 76.6. The van der Waals surface area contributed by atoms with Crippen LogP contribution in [0.5, 0.6) is 11.5 Å². The number of nitrogen functional groups attached to an aromatic ring is 1. The number of halogens is 1. The Morgan fingerprint density at radius 1 is 0.756 bits per heavy atom. The zero-order valence-corrected chi connectivity index (χ0v) is 30.2. The van der Waals surface area contributed by atoms with Crippen LogP contribution in [-0.4, -0.2) is 38.2 Å². The maximum atomic E-state index is 12.0. The van der Waals surface area contributed by atoms with Gasteiger partial charge in [0, 0.05) is 22.2 Å². The molecular formula is C27H18ClN5Na2O8S2. The summed E-state index contributed by atoms with van der Waals surface area (Å²) in [6, 6.07) is 16.3. The van der Waals surface area contributed by atoms with Gasteiger partial charge in [-0.05, 0) is 41.8 Å². The molecule has 0 heterocycles. The summed E-state index contributed by atoms with van der Waals surface area (Å²) >= 11 is 6.22. The van der Waals surface area contributed by atoms with Crippen LogP contribution in [0.25, 0.3) is 21.5 Å². The van der Waals surface area contributed by atoms with E-state index in [-0.39, 0.29) is 109 Å². The molecule has 13 nitrogen and oxygen atoms in total. The minimum absolute atomic E-state index is 0. The maximum absolute atomic E-state index is 12.0. The van der Waals surface area contributed by atoms with Crippen LogP contribution >= 0.6 is 11.6 Å². The Bertz CT molecular complexity index is 2230. The fourth-order valence-corrected chi connectivity index (χ4v) is 5.58. The minimum atomic E-state index is -5.09. The molecule has 0 saturated carbocycles. The van der Waals surface area contributed by atoms with E-state index in [9.17, 15) is 31.0 Å².